The Bertz CT molecular complexity index is 920. The zero-order valence-electron chi connectivity index (χ0n) is 13.6. The van der Waals surface area contributed by atoms with Crippen LogP contribution in [0.5, 0.6) is 0 Å². The maximum absolute atomic E-state index is 12.8. The average Bonchev–Trinajstić information content (AvgIpc) is 3.09. The van der Waals surface area contributed by atoms with Gasteiger partial charge in [0.15, 0.2) is 10.8 Å². The second-order valence-corrected chi connectivity index (χ2v) is 6.98. The van der Waals surface area contributed by atoms with Gasteiger partial charge in [0.1, 0.15) is 5.52 Å². The lowest BCUT2D eigenvalue weighted by molar-refractivity contribution is -0.116. The van der Waals surface area contributed by atoms with Crippen molar-refractivity contribution in [3.8, 4) is 0 Å². The number of benzene rings is 1. The van der Waals surface area contributed by atoms with Crippen LogP contribution in [0.15, 0.2) is 47.8 Å². The van der Waals surface area contributed by atoms with Crippen molar-refractivity contribution < 1.29 is 4.79 Å². The van der Waals surface area contributed by atoms with E-state index in [1.165, 1.54) is 17.3 Å². The first-order valence-electron chi connectivity index (χ1n) is 7.95. The Morgan fingerprint density at radius 1 is 1.29 bits per heavy atom. The quantitative estimate of drug-likeness (QED) is 0.689. The molecule has 6 heteroatoms. The van der Waals surface area contributed by atoms with Crippen molar-refractivity contribution >= 4 is 34.5 Å². The lowest BCUT2D eigenvalue weighted by atomic mass is 10.1. The fraction of sp³-hybridized carbons (Fsp3) is 0.278. The first-order chi connectivity index (χ1) is 11.6. The van der Waals surface area contributed by atoms with E-state index in [9.17, 15) is 4.79 Å². The van der Waals surface area contributed by atoms with Gasteiger partial charge in [0.2, 0.25) is 5.91 Å². The van der Waals surface area contributed by atoms with E-state index in [1.807, 2.05) is 46.8 Å². The number of hydrogen-bond acceptors (Lipinski definition) is 4. The number of hydrogen-bond donors (Lipinski definition) is 0. The number of aromatic nitrogens is 3. The minimum Gasteiger partial charge on any atom is -0.308 e. The number of pyridine rings is 1. The van der Waals surface area contributed by atoms with Crippen molar-refractivity contribution in [2.45, 2.75) is 24.5 Å². The van der Waals surface area contributed by atoms with Gasteiger partial charge in [0, 0.05) is 25.0 Å². The maximum atomic E-state index is 12.8. The van der Waals surface area contributed by atoms with E-state index in [-0.39, 0.29) is 11.9 Å². The highest BCUT2D eigenvalue weighted by Crippen LogP contribution is 2.33. The van der Waals surface area contributed by atoms with Crippen LogP contribution in [-0.2, 0) is 18.3 Å². The third-order valence-electron chi connectivity index (χ3n) is 4.39. The zero-order valence-corrected chi connectivity index (χ0v) is 14.5. The number of imidazole rings is 1. The summed E-state index contributed by atoms with van der Waals surface area (Å²) in [4.78, 5) is 23.6. The molecule has 4 rings (SSSR count). The number of amides is 1. The van der Waals surface area contributed by atoms with Crippen LogP contribution >= 0.6 is 11.8 Å². The maximum Gasteiger partial charge on any atom is 0.237 e. The molecule has 1 aliphatic heterocycles. The second kappa shape index (κ2) is 5.94. The van der Waals surface area contributed by atoms with Crippen molar-refractivity contribution in [2.24, 2.45) is 7.05 Å². The molecular formula is C18H18N4OS. The Balaban J connectivity index is 1.53. The SMILES string of the molecule is CC1Cc2ccccc2N1C(=O)CSc1nc2cccnc2n1C. The van der Waals surface area contributed by atoms with Gasteiger partial charge in [-0.3, -0.25) is 4.79 Å². The van der Waals surface area contributed by atoms with Crippen LogP contribution in [0.3, 0.4) is 0 Å². The molecule has 3 heterocycles. The minimum absolute atomic E-state index is 0.123. The summed E-state index contributed by atoms with van der Waals surface area (Å²) < 4.78 is 1.94. The summed E-state index contributed by atoms with van der Waals surface area (Å²) in [5.41, 5.74) is 3.99. The molecular weight excluding hydrogens is 320 g/mol. The van der Waals surface area contributed by atoms with E-state index in [2.05, 4.69) is 23.0 Å². The number of thioether (sulfide) groups is 1. The lowest BCUT2D eigenvalue weighted by Gasteiger charge is -2.22. The Morgan fingerprint density at radius 3 is 2.96 bits per heavy atom. The molecule has 0 saturated carbocycles. The van der Waals surface area contributed by atoms with Crippen molar-refractivity contribution in [2.75, 3.05) is 10.7 Å². The summed E-state index contributed by atoms with van der Waals surface area (Å²) in [5, 5.41) is 0.817. The normalized spacial score (nSPS) is 16.6. The standard InChI is InChI=1S/C18H18N4OS/c1-12-10-13-6-3-4-8-15(13)22(12)16(23)11-24-18-20-14-7-5-9-19-17(14)21(18)2/h3-9,12H,10-11H2,1-2H3. The number of nitrogens with zero attached hydrogens (tertiary/aromatic N) is 4. The molecule has 5 nitrogen and oxygen atoms in total. The molecule has 0 radical (unpaired) electrons. The Morgan fingerprint density at radius 2 is 2.12 bits per heavy atom. The van der Waals surface area contributed by atoms with Crippen molar-refractivity contribution in [3.63, 3.8) is 0 Å². The molecule has 24 heavy (non-hydrogen) atoms. The third kappa shape index (κ3) is 2.47. The van der Waals surface area contributed by atoms with Gasteiger partial charge in [0.05, 0.1) is 5.75 Å². The molecule has 1 unspecified atom stereocenters. The van der Waals surface area contributed by atoms with E-state index in [0.717, 1.165) is 28.4 Å². The molecule has 3 aromatic rings. The Kier molecular flexibility index (Phi) is 3.76. The molecule has 0 fully saturated rings. The van der Waals surface area contributed by atoms with Crippen molar-refractivity contribution in [1.29, 1.82) is 0 Å². The van der Waals surface area contributed by atoms with Gasteiger partial charge in [-0.1, -0.05) is 30.0 Å². The molecule has 0 bridgehead atoms. The van der Waals surface area contributed by atoms with Crippen LogP contribution in [-0.4, -0.2) is 32.2 Å². The highest BCUT2D eigenvalue weighted by Gasteiger charge is 2.30. The summed E-state index contributed by atoms with van der Waals surface area (Å²) in [5.74, 6) is 0.494. The average molecular weight is 338 g/mol. The minimum atomic E-state index is 0.123. The number of carbonyl (C=O) groups excluding carboxylic acids is 1. The van der Waals surface area contributed by atoms with Crippen LogP contribution in [0.4, 0.5) is 5.69 Å². The largest absolute Gasteiger partial charge is 0.308 e. The van der Waals surface area contributed by atoms with Crippen LogP contribution in [0, 0.1) is 0 Å². The fourth-order valence-electron chi connectivity index (χ4n) is 3.27. The number of para-hydroxylation sites is 1. The topological polar surface area (TPSA) is 51.0 Å². The second-order valence-electron chi connectivity index (χ2n) is 6.03. The van der Waals surface area contributed by atoms with Gasteiger partial charge < -0.3 is 9.47 Å². The smallest absolute Gasteiger partial charge is 0.237 e. The van der Waals surface area contributed by atoms with Gasteiger partial charge >= 0.3 is 0 Å². The predicted octanol–water partition coefficient (Wildman–Crippen LogP) is 3.04. The van der Waals surface area contributed by atoms with Crippen molar-refractivity contribution in [1.82, 2.24) is 14.5 Å². The molecule has 0 aliphatic carbocycles. The molecule has 1 aromatic carbocycles. The van der Waals surface area contributed by atoms with Gasteiger partial charge in [-0.2, -0.15) is 0 Å². The van der Waals surface area contributed by atoms with Crippen LogP contribution < -0.4 is 4.90 Å². The van der Waals surface area contributed by atoms with Crippen LogP contribution in [0.25, 0.3) is 11.2 Å². The summed E-state index contributed by atoms with van der Waals surface area (Å²) in [6.07, 6.45) is 2.68. The predicted molar refractivity (Wildman–Crippen MR) is 96.3 cm³/mol. The highest BCUT2D eigenvalue weighted by atomic mass is 32.2. The van der Waals surface area contributed by atoms with Gasteiger partial charge in [-0.05, 0) is 37.1 Å². The summed E-state index contributed by atoms with van der Waals surface area (Å²) in [7, 11) is 1.93. The number of aryl methyl sites for hydroxylation is 1. The number of rotatable bonds is 3. The number of carbonyl (C=O) groups is 1. The third-order valence-corrected chi connectivity index (χ3v) is 5.40. The first kappa shape index (κ1) is 15.2. The first-order valence-corrected chi connectivity index (χ1v) is 8.94. The molecule has 2 aromatic heterocycles. The van der Waals surface area contributed by atoms with Gasteiger partial charge in [-0.15, -0.1) is 0 Å². The molecule has 1 atom stereocenters. The van der Waals surface area contributed by atoms with Crippen LogP contribution in [0.1, 0.15) is 12.5 Å². The molecule has 0 spiro atoms. The summed E-state index contributed by atoms with van der Waals surface area (Å²) in [6, 6.07) is 12.2. The van der Waals surface area contributed by atoms with Crippen LogP contribution in [0.2, 0.25) is 0 Å². The molecule has 0 saturated heterocycles. The van der Waals surface area contributed by atoms with Gasteiger partial charge in [-0.25, -0.2) is 9.97 Å². The Labute approximate surface area is 144 Å². The van der Waals surface area contributed by atoms with E-state index in [0.29, 0.717) is 5.75 Å². The summed E-state index contributed by atoms with van der Waals surface area (Å²) >= 11 is 1.47. The number of anilines is 1. The molecule has 1 amide bonds. The van der Waals surface area contributed by atoms with Gasteiger partial charge in [0.25, 0.3) is 0 Å². The Hall–Kier alpha value is -2.34. The van der Waals surface area contributed by atoms with E-state index >= 15 is 0 Å². The highest BCUT2D eigenvalue weighted by molar-refractivity contribution is 7.99. The molecule has 122 valence electrons. The van der Waals surface area contributed by atoms with E-state index < -0.39 is 0 Å². The fourth-order valence-corrected chi connectivity index (χ4v) is 4.11. The zero-order chi connectivity index (χ0) is 16.7. The lowest BCUT2D eigenvalue weighted by Crippen LogP contribution is -2.37. The number of fused-ring (bicyclic) bond motifs is 2. The molecule has 1 aliphatic rings. The van der Waals surface area contributed by atoms with Crippen molar-refractivity contribution in [3.05, 3.63) is 48.2 Å². The summed E-state index contributed by atoms with van der Waals surface area (Å²) in [6.45, 7) is 2.10. The van der Waals surface area contributed by atoms with E-state index in [1.54, 1.807) is 6.20 Å². The molecule has 0 N–H and O–H groups in total. The monoisotopic (exact) mass is 338 g/mol. The van der Waals surface area contributed by atoms with E-state index in [4.69, 9.17) is 0 Å².